The van der Waals surface area contributed by atoms with Crippen LogP contribution in [0.5, 0.6) is 5.75 Å². The van der Waals surface area contributed by atoms with E-state index in [1.807, 2.05) is 30.3 Å². The van der Waals surface area contributed by atoms with E-state index in [1.165, 1.54) is 24.7 Å². The first-order chi connectivity index (χ1) is 15.3. The smallest absolute Gasteiger partial charge is 0.185 e. The van der Waals surface area contributed by atoms with Gasteiger partial charge in [0.1, 0.15) is 18.1 Å². The molecule has 0 aliphatic rings. The lowest BCUT2D eigenvalue weighted by molar-refractivity contribution is 0.308. The summed E-state index contributed by atoms with van der Waals surface area (Å²) < 4.78 is 35.2. The predicted molar refractivity (Wildman–Crippen MR) is 125 cm³/mol. The average molecular weight is 467 g/mol. The van der Waals surface area contributed by atoms with Crippen molar-refractivity contribution < 1.29 is 17.6 Å². The number of ether oxygens (including phenoxy) is 1. The summed E-state index contributed by atoms with van der Waals surface area (Å²) in [6.07, 6.45) is 2.51. The quantitative estimate of drug-likeness (QED) is 0.369. The Bertz CT molecular complexity index is 1410. The van der Waals surface area contributed by atoms with E-state index in [0.717, 1.165) is 16.7 Å². The number of benzene rings is 3. The summed E-state index contributed by atoms with van der Waals surface area (Å²) in [6, 6.07) is 22.2. The Kier molecular flexibility index (Phi) is 6.17. The molecule has 0 aliphatic carbocycles. The van der Waals surface area contributed by atoms with Crippen molar-refractivity contribution >= 4 is 21.4 Å². The molecule has 0 N–H and O–H groups in total. The van der Waals surface area contributed by atoms with Gasteiger partial charge >= 0.3 is 0 Å². The van der Waals surface area contributed by atoms with Crippen molar-refractivity contribution in [3.8, 4) is 28.2 Å². The van der Waals surface area contributed by atoms with E-state index in [-0.39, 0.29) is 16.9 Å². The zero-order valence-corrected chi connectivity index (χ0v) is 18.7. The molecule has 0 fully saturated rings. The third kappa shape index (κ3) is 4.93. The summed E-state index contributed by atoms with van der Waals surface area (Å²) in [4.78, 5) is 12.1. The first-order valence-electron chi connectivity index (χ1n) is 9.71. The molecule has 0 radical (unpaired) electrons. The van der Waals surface area contributed by atoms with Crippen LogP contribution >= 0.6 is 11.6 Å². The molecule has 3 aromatic carbocycles. The van der Waals surface area contributed by atoms with Gasteiger partial charge in [0.25, 0.3) is 0 Å². The van der Waals surface area contributed by atoms with Crippen LogP contribution in [0, 0.1) is 0 Å². The first kappa shape index (κ1) is 21.9. The second-order valence-corrected chi connectivity index (χ2v) is 9.68. The lowest BCUT2D eigenvalue weighted by Gasteiger charge is -2.16. The molecule has 1 aromatic heterocycles. The zero-order valence-electron chi connectivity index (χ0n) is 17.1. The Hall–Kier alpha value is -3.35. The Morgan fingerprint density at radius 3 is 2.25 bits per heavy atom. The van der Waals surface area contributed by atoms with Crippen LogP contribution < -0.4 is 10.2 Å². The molecule has 0 atom stereocenters. The predicted octanol–water partition coefficient (Wildman–Crippen LogP) is 5.61. The minimum absolute atomic E-state index is 0.176. The summed E-state index contributed by atoms with van der Waals surface area (Å²) in [5.74, 6) is 0.923. The summed E-state index contributed by atoms with van der Waals surface area (Å²) >= 11 is 6.05. The van der Waals surface area contributed by atoms with Gasteiger partial charge < -0.3 is 9.15 Å². The lowest BCUT2D eigenvalue weighted by Crippen LogP contribution is -2.02. The highest BCUT2D eigenvalue weighted by Gasteiger charge is 2.16. The maximum Gasteiger partial charge on any atom is 0.185 e. The molecule has 0 unspecified atom stereocenters. The molecule has 162 valence electrons. The average Bonchev–Trinajstić information content (AvgIpc) is 2.78. The SMILES string of the molecule is CS(=O)(=O)c1ccc(COc2c(-c3ccc(Cl)cc3)cccc2-c2cc(=O)cco2)cc1. The molecule has 0 spiro atoms. The van der Waals surface area contributed by atoms with Gasteiger partial charge in [-0.15, -0.1) is 0 Å². The molecule has 0 saturated heterocycles. The second kappa shape index (κ2) is 9.02. The monoisotopic (exact) mass is 466 g/mol. The molecule has 4 rings (SSSR count). The van der Waals surface area contributed by atoms with Crippen LogP contribution in [-0.2, 0) is 16.4 Å². The van der Waals surface area contributed by atoms with Gasteiger partial charge in [-0.3, -0.25) is 4.79 Å². The van der Waals surface area contributed by atoms with Crippen molar-refractivity contribution in [3.63, 3.8) is 0 Å². The van der Waals surface area contributed by atoms with Gasteiger partial charge in [-0.25, -0.2) is 8.42 Å². The van der Waals surface area contributed by atoms with Crippen molar-refractivity contribution in [1.82, 2.24) is 0 Å². The molecular formula is C25H19ClO5S. The van der Waals surface area contributed by atoms with Crippen LogP contribution in [-0.4, -0.2) is 14.7 Å². The van der Waals surface area contributed by atoms with Crippen molar-refractivity contribution in [2.45, 2.75) is 11.5 Å². The highest BCUT2D eigenvalue weighted by Crippen LogP contribution is 2.39. The largest absolute Gasteiger partial charge is 0.487 e. The van der Waals surface area contributed by atoms with Crippen LogP contribution in [0.1, 0.15) is 5.56 Å². The summed E-state index contributed by atoms with van der Waals surface area (Å²) in [5.41, 5.74) is 2.94. The third-order valence-corrected chi connectivity index (χ3v) is 6.25. The van der Waals surface area contributed by atoms with Gasteiger partial charge in [-0.05, 0) is 41.5 Å². The fourth-order valence-corrected chi connectivity index (χ4v) is 4.02. The molecule has 4 aromatic rings. The number of sulfone groups is 1. The van der Waals surface area contributed by atoms with Gasteiger partial charge in [-0.2, -0.15) is 0 Å². The number of para-hydroxylation sites is 1. The van der Waals surface area contributed by atoms with Crippen molar-refractivity contribution in [3.05, 3.63) is 106 Å². The maximum atomic E-state index is 11.9. The van der Waals surface area contributed by atoms with Crippen LogP contribution in [0.25, 0.3) is 22.5 Å². The summed E-state index contributed by atoms with van der Waals surface area (Å²) in [6.45, 7) is 0.193. The number of halogens is 1. The number of hydrogen-bond acceptors (Lipinski definition) is 5. The van der Waals surface area contributed by atoms with E-state index in [2.05, 4.69) is 0 Å². The summed E-state index contributed by atoms with van der Waals surface area (Å²) in [5, 5.41) is 0.618. The standard InChI is InChI=1S/C25H19ClO5S/c1-32(28,29)21-11-5-17(6-12-21)16-31-25-22(18-7-9-19(26)10-8-18)3-2-4-23(25)24-15-20(27)13-14-30-24/h2-15H,16H2,1H3. The Balaban J connectivity index is 1.75. The minimum Gasteiger partial charge on any atom is -0.487 e. The molecule has 0 aliphatic heterocycles. The normalized spacial score (nSPS) is 11.3. The molecule has 32 heavy (non-hydrogen) atoms. The fraction of sp³-hybridized carbons (Fsp3) is 0.0800. The molecule has 0 bridgehead atoms. The van der Waals surface area contributed by atoms with Crippen molar-refractivity contribution in [2.75, 3.05) is 6.26 Å². The molecule has 0 saturated carbocycles. The maximum absolute atomic E-state index is 11.9. The van der Waals surface area contributed by atoms with Gasteiger partial charge in [0.2, 0.25) is 0 Å². The van der Waals surface area contributed by atoms with E-state index >= 15 is 0 Å². The Morgan fingerprint density at radius 2 is 1.59 bits per heavy atom. The van der Waals surface area contributed by atoms with Crippen molar-refractivity contribution in [2.24, 2.45) is 0 Å². The first-order valence-corrected chi connectivity index (χ1v) is 12.0. The minimum atomic E-state index is -3.27. The second-order valence-electron chi connectivity index (χ2n) is 7.23. The highest BCUT2D eigenvalue weighted by atomic mass is 35.5. The molecular weight excluding hydrogens is 448 g/mol. The van der Waals surface area contributed by atoms with Crippen molar-refractivity contribution in [1.29, 1.82) is 0 Å². The fourth-order valence-electron chi connectivity index (χ4n) is 3.26. The number of hydrogen-bond donors (Lipinski definition) is 0. The Labute approximate surface area is 190 Å². The Morgan fingerprint density at radius 1 is 0.906 bits per heavy atom. The van der Waals surface area contributed by atoms with E-state index in [4.69, 9.17) is 20.8 Å². The van der Waals surface area contributed by atoms with Crippen LogP contribution in [0.15, 0.2) is 99.2 Å². The molecule has 1 heterocycles. The summed E-state index contributed by atoms with van der Waals surface area (Å²) in [7, 11) is -3.27. The topological polar surface area (TPSA) is 73.6 Å². The van der Waals surface area contributed by atoms with E-state index in [9.17, 15) is 13.2 Å². The van der Waals surface area contributed by atoms with Crippen LogP contribution in [0.4, 0.5) is 0 Å². The van der Waals surface area contributed by atoms with Crippen LogP contribution in [0.2, 0.25) is 5.02 Å². The molecule has 5 nitrogen and oxygen atoms in total. The van der Waals surface area contributed by atoms with Gasteiger partial charge in [0.15, 0.2) is 15.3 Å². The zero-order chi connectivity index (χ0) is 22.7. The number of rotatable bonds is 6. The van der Waals surface area contributed by atoms with Crippen LogP contribution in [0.3, 0.4) is 0 Å². The van der Waals surface area contributed by atoms with E-state index < -0.39 is 9.84 Å². The van der Waals surface area contributed by atoms with E-state index in [1.54, 1.807) is 36.4 Å². The highest BCUT2D eigenvalue weighted by molar-refractivity contribution is 7.90. The molecule has 7 heteroatoms. The third-order valence-electron chi connectivity index (χ3n) is 4.87. The van der Waals surface area contributed by atoms with Gasteiger partial charge in [0, 0.05) is 29.0 Å². The van der Waals surface area contributed by atoms with Gasteiger partial charge in [0.05, 0.1) is 16.7 Å². The van der Waals surface area contributed by atoms with E-state index in [0.29, 0.717) is 22.1 Å². The molecule has 0 amide bonds. The van der Waals surface area contributed by atoms with Gasteiger partial charge in [-0.1, -0.05) is 48.0 Å². The lowest BCUT2D eigenvalue weighted by atomic mass is 10.00.